The Hall–Kier alpha value is -1.55. The van der Waals surface area contributed by atoms with Crippen LogP contribution in [-0.2, 0) is 0 Å². The minimum absolute atomic E-state index is 0.336. The summed E-state index contributed by atoms with van der Waals surface area (Å²) in [5.74, 6) is 0. The van der Waals surface area contributed by atoms with Gasteiger partial charge in [-0.05, 0) is 12.1 Å². The van der Waals surface area contributed by atoms with Crippen LogP contribution in [0.5, 0.6) is 0 Å². The standard InChI is InChI=1S/C8H5ClN4/c9-8-7(13-12-5-11-8)6-2-1-3-10-4-6/h1-5H. The smallest absolute Gasteiger partial charge is 0.159 e. The van der Waals surface area contributed by atoms with E-state index in [9.17, 15) is 0 Å². The molecule has 0 spiro atoms. The summed E-state index contributed by atoms with van der Waals surface area (Å²) < 4.78 is 0. The Bertz CT molecular complexity index is 404. The van der Waals surface area contributed by atoms with Crippen molar-refractivity contribution in [2.24, 2.45) is 0 Å². The first kappa shape index (κ1) is 8.07. The highest BCUT2D eigenvalue weighted by molar-refractivity contribution is 6.31. The van der Waals surface area contributed by atoms with Crippen molar-refractivity contribution in [3.05, 3.63) is 36.0 Å². The van der Waals surface area contributed by atoms with Crippen molar-refractivity contribution in [2.45, 2.75) is 0 Å². The van der Waals surface area contributed by atoms with Crippen molar-refractivity contribution in [3.8, 4) is 11.3 Å². The van der Waals surface area contributed by atoms with Crippen molar-refractivity contribution in [2.75, 3.05) is 0 Å². The number of halogens is 1. The number of rotatable bonds is 1. The average Bonchev–Trinajstić information content (AvgIpc) is 2.20. The van der Waals surface area contributed by atoms with Gasteiger partial charge in [0.1, 0.15) is 12.0 Å². The van der Waals surface area contributed by atoms with E-state index in [2.05, 4.69) is 20.2 Å². The molecule has 0 bridgehead atoms. The van der Waals surface area contributed by atoms with Crippen LogP contribution in [0.1, 0.15) is 0 Å². The number of hydrogen-bond donors (Lipinski definition) is 0. The molecule has 0 N–H and O–H groups in total. The van der Waals surface area contributed by atoms with Gasteiger partial charge in [0, 0.05) is 18.0 Å². The largest absolute Gasteiger partial charge is 0.264 e. The zero-order valence-electron chi connectivity index (χ0n) is 6.55. The molecule has 2 aromatic heterocycles. The lowest BCUT2D eigenvalue weighted by Crippen LogP contribution is -1.91. The number of hydrogen-bond acceptors (Lipinski definition) is 4. The van der Waals surface area contributed by atoms with E-state index < -0.39 is 0 Å². The molecule has 0 unspecified atom stereocenters. The Morgan fingerprint density at radius 2 is 2.23 bits per heavy atom. The Morgan fingerprint density at radius 3 is 2.92 bits per heavy atom. The average molecular weight is 193 g/mol. The van der Waals surface area contributed by atoms with Gasteiger partial charge in [-0.3, -0.25) is 4.98 Å². The molecule has 0 saturated heterocycles. The molecular weight excluding hydrogens is 188 g/mol. The molecule has 2 rings (SSSR count). The Morgan fingerprint density at radius 1 is 1.31 bits per heavy atom. The number of nitrogens with zero attached hydrogens (tertiary/aromatic N) is 4. The van der Waals surface area contributed by atoms with Gasteiger partial charge in [-0.15, -0.1) is 10.2 Å². The second kappa shape index (κ2) is 3.45. The molecule has 0 atom stereocenters. The molecule has 0 aromatic carbocycles. The fourth-order valence-corrected chi connectivity index (χ4v) is 1.13. The van der Waals surface area contributed by atoms with Gasteiger partial charge < -0.3 is 0 Å². The van der Waals surface area contributed by atoms with Crippen LogP contribution in [-0.4, -0.2) is 20.2 Å². The normalized spacial score (nSPS) is 9.92. The summed E-state index contributed by atoms with van der Waals surface area (Å²) in [6.45, 7) is 0. The third-order valence-corrected chi connectivity index (χ3v) is 1.79. The van der Waals surface area contributed by atoms with Crippen molar-refractivity contribution in [1.29, 1.82) is 0 Å². The fourth-order valence-electron chi connectivity index (χ4n) is 0.942. The molecule has 2 heterocycles. The third-order valence-electron chi connectivity index (χ3n) is 1.51. The van der Waals surface area contributed by atoms with E-state index in [0.29, 0.717) is 10.8 Å². The van der Waals surface area contributed by atoms with Gasteiger partial charge >= 0.3 is 0 Å². The summed E-state index contributed by atoms with van der Waals surface area (Å²) in [7, 11) is 0. The van der Waals surface area contributed by atoms with E-state index in [1.54, 1.807) is 18.5 Å². The minimum atomic E-state index is 0.336. The lowest BCUT2D eigenvalue weighted by atomic mass is 10.2. The van der Waals surface area contributed by atoms with Crippen LogP contribution in [0.25, 0.3) is 11.3 Å². The van der Waals surface area contributed by atoms with Crippen molar-refractivity contribution < 1.29 is 0 Å². The second-order valence-corrected chi connectivity index (χ2v) is 2.70. The Labute approximate surface area is 79.6 Å². The summed E-state index contributed by atoms with van der Waals surface area (Å²) >= 11 is 5.82. The van der Waals surface area contributed by atoms with E-state index in [-0.39, 0.29) is 0 Å². The highest BCUT2D eigenvalue weighted by Gasteiger charge is 2.04. The lowest BCUT2D eigenvalue weighted by Gasteiger charge is -1.98. The first-order valence-electron chi connectivity index (χ1n) is 3.61. The molecule has 0 aliphatic carbocycles. The van der Waals surface area contributed by atoms with Gasteiger partial charge in [0.25, 0.3) is 0 Å². The summed E-state index contributed by atoms with van der Waals surface area (Å²) in [6.07, 6.45) is 4.65. The topological polar surface area (TPSA) is 51.6 Å². The van der Waals surface area contributed by atoms with Crippen LogP contribution >= 0.6 is 11.6 Å². The molecule has 4 nitrogen and oxygen atoms in total. The van der Waals surface area contributed by atoms with Crippen molar-refractivity contribution >= 4 is 11.6 Å². The molecule has 0 amide bonds. The SMILES string of the molecule is Clc1ncnnc1-c1cccnc1. The lowest BCUT2D eigenvalue weighted by molar-refractivity contribution is 0.975. The molecule has 0 aliphatic heterocycles. The summed E-state index contributed by atoms with van der Waals surface area (Å²) in [6, 6.07) is 3.66. The highest BCUT2D eigenvalue weighted by atomic mass is 35.5. The van der Waals surface area contributed by atoms with E-state index in [4.69, 9.17) is 11.6 Å². The van der Waals surface area contributed by atoms with Crippen molar-refractivity contribution in [3.63, 3.8) is 0 Å². The van der Waals surface area contributed by atoms with E-state index >= 15 is 0 Å². The zero-order chi connectivity index (χ0) is 9.10. The molecular formula is C8H5ClN4. The van der Waals surface area contributed by atoms with Gasteiger partial charge in [0.15, 0.2) is 5.15 Å². The van der Waals surface area contributed by atoms with Crippen LogP contribution in [0.3, 0.4) is 0 Å². The molecule has 64 valence electrons. The Kier molecular flexibility index (Phi) is 2.14. The summed E-state index contributed by atoms with van der Waals surface area (Å²) in [4.78, 5) is 7.77. The Balaban J connectivity index is 2.54. The van der Waals surface area contributed by atoms with Crippen molar-refractivity contribution in [1.82, 2.24) is 20.2 Å². The molecule has 13 heavy (non-hydrogen) atoms. The van der Waals surface area contributed by atoms with Crippen LogP contribution in [0.15, 0.2) is 30.9 Å². The van der Waals surface area contributed by atoms with Crippen LogP contribution in [0, 0.1) is 0 Å². The maximum absolute atomic E-state index is 5.82. The van der Waals surface area contributed by atoms with Gasteiger partial charge in [-0.2, -0.15) is 0 Å². The van der Waals surface area contributed by atoms with Gasteiger partial charge in [0.05, 0.1) is 0 Å². The predicted octanol–water partition coefficient (Wildman–Crippen LogP) is 1.59. The molecule has 2 aromatic rings. The minimum Gasteiger partial charge on any atom is -0.264 e. The maximum atomic E-state index is 5.82. The maximum Gasteiger partial charge on any atom is 0.159 e. The van der Waals surface area contributed by atoms with E-state index in [0.717, 1.165) is 5.56 Å². The first-order valence-corrected chi connectivity index (χ1v) is 3.99. The van der Waals surface area contributed by atoms with Crippen LogP contribution in [0.2, 0.25) is 5.15 Å². The quantitative estimate of drug-likeness (QED) is 0.689. The summed E-state index contributed by atoms with van der Waals surface area (Å²) in [5.41, 5.74) is 1.37. The molecule has 0 radical (unpaired) electrons. The summed E-state index contributed by atoms with van der Waals surface area (Å²) in [5, 5.41) is 7.85. The predicted molar refractivity (Wildman–Crippen MR) is 48.1 cm³/mol. The highest BCUT2D eigenvalue weighted by Crippen LogP contribution is 2.20. The molecule has 0 saturated carbocycles. The molecule has 0 fully saturated rings. The van der Waals surface area contributed by atoms with Gasteiger partial charge in [-0.1, -0.05) is 11.6 Å². The third kappa shape index (κ3) is 1.62. The monoisotopic (exact) mass is 192 g/mol. The fraction of sp³-hybridized carbons (Fsp3) is 0. The molecule has 5 heteroatoms. The van der Waals surface area contributed by atoms with E-state index in [1.165, 1.54) is 6.33 Å². The van der Waals surface area contributed by atoms with Gasteiger partial charge in [0.2, 0.25) is 0 Å². The van der Waals surface area contributed by atoms with Crippen LogP contribution in [0.4, 0.5) is 0 Å². The number of aromatic nitrogens is 4. The van der Waals surface area contributed by atoms with Gasteiger partial charge in [-0.25, -0.2) is 4.98 Å². The van der Waals surface area contributed by atoms with E-state index in [1.807, 2.05) is 6.07 Å². The van der Waals surface area contributed by atoms with Crippen LogP contribution < -0.4 is 0 Å². The molecule has 0 aliphatic rings. The number of pyridine rings is 1. The second-order valence-electron chi connectivity index (χ2n) is 2.34. The first-order chi connectivity index (χ1) is 6.38. The zero-order valence-corrected chi connectivity index (χ0v) is 7.31.